The number of nitrogens with two attached hydrogens (primary N) is 1. The molecule has 4 N–H and O–H groups in total. The number of nitrogens with zero attached hydrogens (tertiary/aromatic N) is 2. The van der Waals surface area contributed by atoms with Crippen LogP contribution in [0.5, 0.6) is 0 Å². The molecule has 0 bridgehead atoms. The van der Waals surface area contributed by atoms with E-state index in [1.165, 1.54) is 31.5 Å². The number of nitrogen functional groups attached to an aromatic ring is 1. The predicted molar refractivity (Wildman–Crippen MR) is 79.0 cm³/mol. The van der Waals surface area contributed by atoms with Crippen LogP contribution in [0.4, 0.5) is 11.5 Å². The lowest BCUT2D eigenvalue weighted by Crippen LogP contribution is -2.38. The predicted octanol–water partition coefficient (Wildman–Crippen LogP) is 1.65. The van der Waals surface area contributed by atoms with Gasteiger partial charge < -0.3 is 21.1 Å². The summed E-state index contributed by atoms with van der Waals surface area (Å²) in [7, 11) is 0. The van der Waals surface area contributed by atoms with Crippen molar-refractivity contribution in [1.29, 1.82) is 0 Å². The molecular formula is C14H22N4O2. The van der Waals surface area contributed by atoms with Crippen LogP contribution in [0.15, 0.2) is 12.3 Å². The molecule has 1 aromatic rings. The Bertz CT molecular complexity index is 472. The van der Waals surface area contributed by atoms with E-state index in [0.29, 0.717) is 11.5 Å². The Hall–Kier alpha value is -1.82. The van der Waals surface area contributed by atoms with E-state index in [0.717, 1.165) is 19.6 Å². The summed E-state index contributed by atoms with van der Waals surface area (Å²) in [6, 6.07) is 1.58. The molecule has 6 nitrogen and oxygen atoms in total. The molecule has 1 aromatic heterocycles. The third-order valence-corrected chi connectivity index (χ3v) is 3.50. The molecule has 0 aliphatic carbocycles. The number of likely N-dealkylation sites (tertiary alicyclic amines) is 1. The van der Waals surface area contributed by atoms with Gasteiger partial charge in [0.1, 0.15) is 11.4 Å². The highest BCUT2D eigenvalue weighted by molar-refractivity contribution is 5.94. The van der Waals surface area contributed by atoms with E-state index in [4.69, 9.17) is 5.73 Å². The van der Waals surface area contributed by atoms with Gasteiger partial charge in [-0.05, 0) is 38.9 Å². The van der Waals surface area contributed by atoms with Crippen molar-refractivity contribution in [2.24, 2.45) is 0 Å². The van der Waals surface area contributed by atoms with Gasteiger partial charge in [0.15, 0.2) is 0 Å². The molecule has 2 rings (SSSR count). The number of hydrogen-bond acceptors (Lipinski definition) is 5. The van der Waals surface area contributed by atoms with Gasteiger partial charge in [0.2, 0.25) is 0 Å². The van der Waals surface area contributed by atoms with Crippen LogP contribution in [0.2, 0.25) is 0 Å². The van der Waals surface area contributed by atoms with Crippen LogP contribution in [0.1, 0.15) is 36.5 Å². The topological polar surface area (TPSA) is 91.5 Å². The van der Waals surface area contributed by atoms with Crippen LogP contribution in [-0.4, -0.2) is 46.6 Å². The number of nitrogens with one attached hydrogen (secondary N) is 1. The Morgan fingerprint density at radius 3 is 2.85 bits per heavy atom. The van der Waals surface area contributed by atoms with Gasteiger partial charge in [-0.3, -0.25) is 0 Å². The van der Waals surface area contributed by atoms with Gasteiger partial charge in [0.05, 0.1) is 11.9 Å². The summed E-state index contributed by atoms with van der Waals surface area (Å²) in [5.41, 5.74) is 6.06. The van der Waals surface area contributed by atoms with Crippen molar-refractivity contribution in [1.82, 2.24) is 9.88 Å². The molecular weight excluding hydrogens is 256 g/mol. The number of aromatic nitrogens is 1. The molecule has 20 heavy (non-hydrogen) atoms. The van der Waals surface area contributed by atoms with Gasteiger partial charge in [-0.25, -0.2) is 9.78 Å². The first kappa shape index (κ1) is 14.6. The van der Waals surface area contributed by atoms with Gasteiger partial charge in [0.25, 0.3) is 0 Å². The van der Waals surface area contributed by atoms with Crippen molar-refractivity contribution in [2.75, 3.05) is 30.7 Å². The van der Waals surface area contributed by atoms with Gasteiger partial charge in [-0.1, -0.05) is 6.42 Å². The Labute approximate surface area is 119 Å². The molecule has 1 aliphatic rings. The van der Waals surface area contributed by atoms with E-state index in [1.54, 1.807) is 0 Å². The summed E-state index contributed by atoms with van der Waals surface area (Å²) in [6.45, 7) is 5.17. The molecule has 1 saturated heterocycles. The number of anilines is 2. The van der Waals surface area contributed by atoms with Crippen molar-refractivity contribution in [2.45, 2.75) is 32.2 Å². The van der Waals surface area contributed by atoms with Crippen molar-refractivity contribution >= 4 is 17.5 Å². The number of pyridine rings is 1. The molecule has 1 atom stereocenters. The van der Waals surface area contributed by atoms with Gasteiger partial charge in [-0.15, -0.1) is 0 Å². The van der Waals surface area contributed by atoms with Crippen LogP contribution in [0.3, 0.4) is 0 Å². The smallest absolute Gasteiger partial charge is 0.339 e. The van der Waals surface area contributed by atoms with E-state index in [9.17, 15) is 9.90 Å². The average Bonchev–Trinajstić information content (AvgIpc) is 2.41. The number of hydrogen-bond donors (Lipinski definition) is 3. The lowest BCUT2D eigenvalue weighted by Gasteiger charge is -2.29. The highest BCUT2D eigenvalue weighted by atomic mass is 16.4. The second-order valence-corrected chi connectivity index (χ2v) is 5.38. The van der Waals surface area contributed by atoms with Crippen molar-refractivity contribution < 1.29 is 9.90 Å². The monoisotopic (exact) mass is 278 g/mol. The van der Waals surface area contributed by atoms with Crippen molar-refractivity contribution in [3.05, 3.63) is 17.8 Å². The fourth-order valence-electron chi connectivity index (χ4n) is 2.57. The summed E-state index contributed by atoms with van der Waals surface area (Å²) < 4.78 is 0. The molecule has 0 spiro atoms. The molecule has 2 heterocycles. The zero-order valence-electron chi connectivity index (χ0n) is 11.8. The van der Waals surface area contributed by atoms with Gasteiger partial charge >= 0.3 is 5.97 Å². The Kier molecular flexibility index (Phi) is 4.79. The lowest BCUT2D eigenvalue weighted by molar-refractivity contribution is 0.0697. The molecule has 1 aliphatic heterocycles. The SMILES string of the molecule is CC(CN1CCCCC1)Nc1ncc(N)cc1C(=O)O. The van der Waals surface area contributed by atoms with E-state index in [2.05, 4.69) is 15.2 Å². The average molecular weight is 278 g/mol. The Balaban J connectivity index is 1.99. The normalized spacial score (nSPS) is 17.6. The van der Waals surface area contributed by atoms with Crippen LogP contribution in [0.25, 0.3) is 0 Å². The number of carboxylic acids is 1. The number of carboxylic acid groups (broad SMARTS) is 1. The van der Waals surface area contributed by atoms with Crippen molar-refractivity contribution in [3.8, 4) is 0 Å². The summed E-state index contributed by atoms with van der Waals surface area (Å²) in [6.07, 6.45) is 5.27. The maximum atomic E-state index is 11.2. The first-order chi connectivity index (χ1) is 9.56. The quantitative estimate of drug-likeness (QED) is 0.758. The zero-order chi connectivity index (χ0) is 14.5. The maximum Gasteiger partial charge on any atom is 0.339 e. The summed E-state index contributed by atoms with van der Waals surface area (Å²) in [4.78, 5) is 17.7. The number of carbonyl (C=O) groups is 1. The van der Waals surface area contributed by atoms with Crippen molar-refractivity contribution in [3.63, 3.8) is 0 Å². The molecule has 0 aromatic carbocycles. The van der Waals surface area contributed by atoms with Crippen LogP contribution < -0.4 is 11.1 Å². The summed E-state index contributed by atoms with van der Waals surface area (Å²) >= 11 is 0. The fourth-order valence-corrected chi connectivity index (χ4v) is 2.57. The minimum atomic E-state index is -1.02. The highest BCUT2D eigenvalue weighted by Gasteiger charge is 2.17. The van der Waals surface area contributed by atoms with Crippen LogP contribution in [0, 0.1) is 0 Å². The second-order valence-electron chi connectivity index (χ2n) is 5.38. The first-order valence-electron chi connectivity index (χ1n) is 7.04. The maximum absolute atomic E-state index is 11.2. The summed E-state index contributed by atoms with van der Waals surface area (Å²) in [5.74, 6) is -0.631. The molecule has 110 valence electrons. The van der Waals surface area contributed by atoms with Crippen LogP contribution in [-0.2, 0) is 0 Å². The zero-order valence-corrected chi connectivity index (χ0v) is 11.8. The van der Waals surface area contributed by atoms with Crippen LogP contribution >= 0.6 is 0 Å². The molecule has 0 saturated carbocycles. The molecule has 1 unspecified atom stereocenters. The number of piperidine rings is 1. The van der Waals surface area contributed by atoms with E-state index in [-0.39, 0.29) is 11.6 Å². The van der Waals surface area contributed by atoms with Gasteiger partial charge in [-0.2, -0.15) is 0 Å². The Morgan fingerprint density at radius 2 is 2.20 bits per heavy atom. The number of aromatic carboxylic acids is 1. The minimum Gasteiger partial charge on any atom is -0.478 e. The molecule has 0 amide bonds. The third-order valence-electron chi connectivity index (χ3n) is 3.50. The first-order valence-corrected chi connectivity index (χ1v) is 7.04. The molecule has 0 radical (unpaired) electrons. The highest BCUT2D eigenvalue weighted by Crippen LogP contribution is 2.17. The number of rotatable bonds is 5. The summed E-state index contributed by atoms with van der Waals surface area (Å²) in [5, 5.41) is 12.4. The van der Waals surface area contributed by atoms with E-state index >= 15 is 0 Å². The van der Waals surface area contributed by atoms with Gasteiger partial charge in [0, 0.05) is 12.6 Å². The second kappa shape index (κ2) is 6.56. The molecule has 6 heteroatoms. The third kappa shape index (κ3) is 3.84. The Morgan fingerprint density at radius 1 is 1.50 bits per heavy atom. The fraction of sp³-hybridized carbons (Fsp3) is 0.571. The van der Waals surface area contributed by atoms with E-state index in [1.807, 2.05) is 6.92 Å². The van der Waals surface area contributed by atoms with E-state index < -0.39 is 5.97 Å². The largest absolute Gasteiger partial charge is 0.478 e. The lowest BCUT2D eigenvalue weighted by atomic mass is 10.1. The molecule has 1 fully saturated rings. The minimum absolute atomic E-state index is 0.121. The standard InChI is InChI=1S/C14H22N4O2/c1-10(9-18-5-3-2-4-6-18)17-13-12(14(19)20)7-11(15)8-16-13/h7-8,10H,2-6,9,15H2,1H3,(H,16,17)(H,19,20).